The van der Waals surface area contributed by atoms with Crippen LogP contribution in [0.1, 0.15) is 39.3 Å². The summed E-state index contributed by atoms with van der Waals surface area (Å²) in [6.07, 6.45) is -2.79. The molecule has 0 saturated carbocycles. The van der Waals surface area contributed by atoms with Crippen LogP contribution in [0.25, 0.3) is 0 Å². The van der Waals surface area contributed by atoms with Gasteiger partial charge in [-0.05, 0) is 19.8 Å². The predicted molar refractivity (Wildman–Crippen MR) is 74.0 cm³/mol. The third-order valence-corrected chi connectivity index (χ3v) is 3.19. The molecule has 0 bridgehead atoms. The van der Waals surface area contributed by atoms with Gasteiger partial charge in [-0.3, -0.25) is 0 Å². The summed E-state index contributed by atoms with van der Waals surface area (Å²) in [5.74, 6) is 0.298. The SMILES string of the molecule is CCNc1nc(N(C)C(CC)CC)cc(C(F)(F)F)n1. The Bertz CT molecular complexity index is 430. The Morgan fingerprint density at radius 2 is 1.80 bits per heavy atom. The summed E-state index contributed by atoms with van der Waals surface area (Å²) in [5, 5.41) is 2.74. The van der Waals surface area contributed by atoms with E-state index < -0.39 is 11.9 Å². The molecule has 0 aliphatic carbocycles. The van der Waals surface area contributed by atoms with E-state index in [1.807, 2.05) is 13.8 Å². The van der Waals surface area contributed by atoms with Gasteiger partial charge in [0.1, 0.15) is 5.82 Å². The second-order valence-electron chi connectivity index (χ2n) is 4.54. The van der Waals surface area contributed by atoms with E-state index in [1.165, 1.54) is 0 Å². The van der Waals surface area contributed by atoms with Gasteiger partial charge < -0.3 is 10.2 Å². The fourth-order valence-corrected chi connectivity index (χ4v) is 2.02. The molecule has 1 aromatic rings. The van der Waals surface area contributed by atoms with E-state index in [1.54, 1.807) is 18.9 Å². The van der Waals surface area contributed by atoms with Crippen molar-refractivity contribution in [2.24, 2.45) is 0 Å². The maximum Gasteiger partial charge on any atom is 0.433 e. The summed E-state index contributed by atoms with van der Waals surface area (Å²) < 4.78 is 38.6. The predicted octanol–water partition coefficient (Wildman–Crippen LogP) is 3.55. The summed E-state index contributed by atoms with van der Waals surface area (Å²) in [6, 6.07) is 1.15. The van der Waals surface area contributed by atoms with Gasteiger partial charge in [0.2, 0.25) is 5.95 Å². The monoisotopic (exact) mass is 290 g/mol. The standard InChI is InChI=1S/C13H21F3N4/c1-5-9(6-2)20(4)11-8-10(13(14,15)16)18-12(19-11)17-7-3/h8-9H,5-7H2,1-4H3,(H,17,18,19). The number of rotatable bonds is 6. The van der Waals surface area contributed by atoms with Crippen LogP contribution in [0.2, 0.25) is 0 Å². The Hall–Kier alpha value is -1.53. The highest BCUT2D eigenvalue weighted by molar-refractivity contribution is 5.45. The van der Waals surface area contributed by atoms with Gasteiger partial charge in [0.15, 0.2) is 5.69 Å². The summed E-state index contributed by atoms with van der Waals surface area (Å²) in [6.45, 7) is 6.26. The Morgan fingerprint density at radius 1 is 1.20 bits per heavy atom. The maximum absolute atomic E-state index is 12.9. The lowest BCUT2D eigenvalue weighted by atomic mass is 10.1. The molecular formula is C13H21F3N4. The molecule has 0 aromatic carbocycles. The van der Waals surface area contributed by atoms with Crippen molar-refractivity contribution in [3.63, 3.8) is 0 Å². The number of anilines is 2. The van der Waals surface area contributed by atoms with E-state index in [9.17, 15) is 13.2 Å². The lowest BCUT2D eigenvalue weighted by Gasteiger charge is -2.28. The van der Waals surface area contributed by atoms with Crippen molar-refractivity contribution in [3.8, 4) is 0 Å². The number of hydrogen-bond acceptors (Lipinski definition) is 4. The molecule has 20 heavy (non-hydrogen) atoms. The molecule has 7 heteroatoms. The molecule has 0 amide bonds. The van der Waals surface area contributed by atoms with Gasteiger partial charge in [0.25, 0.3) is 0 Å². The molecule has 0 unspecified atom stereocenters. The van der Waals surface area contributed by atoms with E-state index >= 15 is 0 Å². The number of aromatic nitrogens is 2. The normalized spacial score (nSPS) is 11.8. The van der Waals surface area contributed by atoms with Gasteiger partial charge in [-0.1, -0.05) is 13.8 Å². The van der Waals surface area contributed by atoms with Gasteiger partial charge in [0.05, 0.1) is 0 Å². The molecular weight excluding hydrogens is 269 g/mol. The molecule has 1 aromatic heterocycles. The van der Waals surface area contributed by atoms with E-state index in [-0.39, 0.29) is 17.8 Å². The van der Waals surface area contributed by atoms with Crippen molar-refractivity contribution in [2.75, 3.05) is 23.8 Å². The first kappa shape index (κ1) is 16.5. The van der Waals surface area contributed by atoms with Crippen LogP contribution in [0, 0.1) is 0 Å². The molecule has 1 rings (SSSR count). The average Bonchev–Trinajstić information content (AvgIpc) is 2.39. The first-order chi connectivity index (χ1) is 9.33. The van der Waals surface area contributed by atoms with Crippen LogP contribution in [0.5, 0.6) is 0 Å². The molecule has 114 valence electrons. The van der Waals surface area contributed by atoms with E-state index in [2.05, 4.69) is 15.3 Å². The fraction of sp³-hybridized carbons (Fsp3) is 0.692. The number of halogens is 3. The quantitative estimate of drug-likeness (QED) is 0.870. The molecule has 0 spiro atoms. The van der Waals surface area contributed by atoms with Crippen LogP contribution in [-0.2, 0) is 6.18 Å². The highest BCUT2D eigenvalue weighted by Gasteiger charge is 2.34. The molecule has 0 atom stereocenters. The highest BCUT2D eigenvalue weighted by atomic mass is 19.4. The van der Waals surface area contributed by atoms with E-state index in [0.717, 1.165) is 18.9 Å². The van der Waals surface area contributed by atoms with Crippen molar-refractivity contribution < 1.29 is 13.2 Å². The average molecular weight is 290 g/mol. The van der Waals surface area contributed by atoms with E-state index in [0.29, 0.717) is 6.54 Å². The van der Waals surface area contributed by atoms with Crippen LogP contribution in [0.4, 0.5) is 24.9 Å². The largest absolute Gasteiger partial charge is 0.433 e. The van der Waals surface area contributed by atoms with Crippen LogP contribution >= 0.6 is 0 Å². The Labute approximate surface area is 117 Å². The van der Waals surface area contributed by atoms with Crippen molar-refractivity contribution >= 4 is 11.8 Å². The van der Waals surface area contributed by atoms with Crippen LogP contribution < -0.4 is 10.2 Å². The second kappa shape index (κ2) is 6.76. The summed E-state index contributed by atoms with van der Waals surface area (Å²) in [4.78, 5) is 9.45. The zero-order valence-electron chi connectivity index (χ0n) is 12.3. The molecule has 1 heterocycles. The lowest BCUT2D eigenvalue weighted by Crippen LogP contribution is -2.31. The van der Waals surface area contributed by atoms with Gasteiger partial charge in [-0.2, -0.15) is 18.2 Å². The first-order valence-corrected chi connectivity index (χ1v) is 6.76. The third kappa shape index (κ3) is 3.98. The Balaban J connectivity index is 3.21. The number of hydrogen-bond donors (Lipinski definition) is 1. The number of nitrogens with one attached hydrogen (secondary N) is 1. The summed E-state index contributed by atoms with van der Waals surface area (Å²) in [7, 11) is 1.76. The fourth-order valence-electron chi connectivity index (χ4n) is 2.02. The Kier molecular flexibility index (Phi) is 5.59. The molecule has 0 fully saturated rings. The van der Waals surface area contributed by atoms with Crippen LogP contribution in [0.15, 0.2) is 6.07 Å². The minimum Gasteiger partial charge on any atom is -0.357 e. The van der Waals surface area contributed by atoms with Crippen LogP contribution in [0.3, 0.4) is 0 Å². The molecule has 0 aliphatic heterocycles. The van der Waals surface area contributed by atoms with Gasteiger partial charge >= 0.3 is 6.18 Å². The zero-order valence-corrected chi connectivity index (χ0v) is 12.3. The van der Waals surface area contributed by atoms with Crippen LogP contribution in [-0.4, -0.2) is 29.6 Å². The van der Waals surface area contributed by atoms with Gasteiger partial charge in [-0.25, -0.2) is 4.98 Å². The third-order valence-electron chi connectivity index (χ3n) is 3.19. The van der Waals surface area contributed by atoms with E-state index in [4.69, 9.17) is 0 Å². The maximum atomic E-state index is 12.9. The molecule has 0 aliphatic rings. The van der Waals surface area contributed by atoms with Crippen molar-refractivity contribution in [3.05, 3.63) is 11.8 Å². The lowest BCUT2D eigenvalue weighted by molar-refractivity contribution is -0.141. The zero-order chi connectivity index (χ0) is 15.3. The summed E-state index contributed by atoms with van der Waals surface area (Å²) in [5.41, 5.74) is -0.920. The Morgan fingerprint density at radius 3 is 2.25 bits per heavy atom. The second-order valence-corrected chi connectivity index (χ2v) is 4.54. The van der Waals surface area contributed by atoms with Gasteiger partial charge in [0, 0.05) is 25.7 Å². The minimum atomic E-state index is -4.48. The summed E-state index contributed by atoms with van der Waals surface area (Å²) >= 11 is 0. The minimum absolute atomic E-state index is 0.00938. The van der Waals surface area contributed by atoms with Crippen molar-refractivity contribution in [2.45, 2.75) is 45.8 Å². The molecule has 0 saturated heterocycles. The first-order valence-electron chi connectivity index (χ1n) is 6.76. The number of alkyl halides is 3. The van der Waals surface area contributed by atoms with Gasteiger partial charge in [-0.15, -0.1) is 0 Å². The van der Waals surface area contributed by atoms with Crippen molar-refractivity contribution in [1.29, 1.82) is 0 Å². The molecule has 0 radical (unpaired) electrons. The number of nitrogens with zero attached hydrogens (tertiary/aromatic N) is 3. The smallest absolute Gasteiger partial charge is 0.357 e. The van der Waals surface area contributed by atoms with Crippen molar-refractivity contribution in [1.82, 2.24) is 9.97 Å². The highest BCUT2D eigenvalue weighted by Crippen LogP contribution is 2.31. The topological polar surface area (TPSA) is 41.1 Å². The molecule has 4 nitrogen and oxygen atoms in total. The molecule has 1 N–H and O–H groups in total.